The predicted octanol–water partition coefficient (Wildman–Crippen LogP) is 0.939. The maximum atomic E-state index is 11.3. The van der Waals surface area contributed by atoms with E-state index in [9.17, 15) is 13.5 Å². The van der Waals surface area contributed by atoms with E-state index >= 15 is 0 Å². The van der Waals surface area contributed by atoms with Crippen LogP contribution >= 0.6 is 0 Å². The van der Waals surface area contributed by atoms with E-state index in [4.69, 9.17) is 0 Å². The van der Waals surface area contributed by atoms with Gasteiger partial charge in [-0.1, -0.05) is 6.92 Å². The Kier molecular flexibility index (Phi) is 3.29. The Bertz CT molecular complexity index is 403. The fourth-order valence-electron chi connectivity index (χ4n) is 0.943. The molecule has 0 aliphatic heterocycles. The lowest BCUT2D eigenvalue weighted by Crippen LogP contribution is -2.16. The number of aromatic nitrogens is 1. The van der Waals surface area contributed by atoms with E-state index in [0.29, 0.717) is 6.42 Å². The summed E-state index contributed by atoms with van der Waals surface area (Å²) in [6.45, 7) is 1.76. The fraction of sp³-hybridized carbons (Fsp3) is 0.375. The summed E-state index contributed by atoms with van der Waals surface area (Å²) in [5.74, 6) is -0.184. The van der Waals surface area contributed by atoms with Gasteiger partial charge in [-0.3, -0.25) is 4.72 Å². The Morgan fingerprint density at radius 3 is 2.86 bits per heavy atom. The van der Waals surface area contributed by atoms with Crippen molar-refractivity contribution in [2.24, 2.45) is 0 Å². The van der Waals surface area contributed by atoms with Gasteiger partial charge in [0.1, 0.15) is 0 Å². The number of hydrogen-bond acceptors (Lipinski definition) is 4. The number of aromatic hydroxyl groups is 1. The number of rotatable bonds is 4. The van der Waals surface area contributed by atoms with Crippen LogP contribution in [0.3, 0.4) is 0 Å². The average Bonchev–Trinajstić information content (AvgIpc) is 2.08. The lowest BCUT2D eigenvalue weighted by Gasteiger charge is -2.06. The van der Waals surface area contributed by atoms with Gasteiger partial charge in [0.2, 0.25) is 10.0 Å². The molecule has 1 aromatic rings. The van der Waals surface area contributed by atoms with Crippen LogP contribution in [-0.2, 0) is 10.0 Å². The Morgan fingerprint density at radius 2 is 2.29 bits per heavy atom. The second-order valence-corrected chi connectivity index (χ2v) is 4.63. The fourth-order valence-corrected chi connectivity index (χ4v) is 2.03. The van der Waals surface area contributed by atoms with Gasteiger partial charge in [-0.05, 0) is 18.6 Å². The molecule has 0 saturated carbocycles. The van der Waals surface area contributed by atoms with E-state index in [1.165, 1.54) is 18.3 Å². The molecule has 0 unspecified atom stereocenters. The highest BCUT2D eigenvalue weighted by molar-refractivity contribution is 7.92. The summed E-state index contributed by atoms with van der Waals surface area (Å²) in [6.07, 6.45) is 1.92. The number of pyridine rings is 1. The molecule has 0 fully saturated rings. The lowest BCUT2D eigenvalue weighted by atomic mass is 10.4. The van der Waals surface area contributed by atoms with Gasteiger partial charge in [0.15, 0.2) is 11.6 Å². The molecule has 14 heavy (non-hydrogen) atoms. The molecule has 6 heteroatoms. The summed E-state index contributed by atoms with van der Waals surface area (Å²) < 4.78 is 24.8. The highest BCUT2D eigenvalue weighted by atomic mass is 32.2. The molecule has 1 rings (SSSR count). The normalized spacial score (nSPS) is 11.2. The van der Waals surface area contributed by atoms with Gasteiger partial charge in [0.05, 0.1) is 5.75 Å². The van der Waals surface area contributed by atoms with E-state index in [2.05, 4.69) is 9.71 Å². The maximum Gasteiger partial charge on any atom is 0.233 e. The van der Waals surface area contributed by atoms with Crippen LogP contribution in [0.15, 0.2) is 18.3 Å². The summed E-state index contributed by atoms with van der Waals surface area (Å²) in [5, 5.41) is 9.25. The Balaban J connectivity index is 2.84. The van der Waals surface area contributed by atoms with E-state index in [1.807, 2.05) is 0 Å². The zero-order valence-corrected chi connectivity index (χ0v) is 8.58. The summed E-state index contributed by atoms with van der Waals surface area (Å²) in [5.41, 5.74) is 0. The van der Waals surface area contributed by atoms with Crippen molar-refractivity contribution in [1.29, 1.82) is 0 Å². The van der Waals surface area contributed by atoms with E-state index < -0.39 is 10.0 Å². The molecular weight excluding hydrogens is 204 g/mol. The van der Waals surface area contributed by atoms with E-state index in [1.54, 1.807) is 6.92 Å². The molecule has 0 bridgehead atoms. The number of nitrogens with one attached hydrogen (secondary N) is 1. The molecule has 0 saturated heterocycles. The third-order valence-corrected chi connectivity index (χ3v) is 2.96. The number of hydrogen-bond donors (Lipinski definition) is 2. The highest BCUT2D eigenvalue weighted by Gasteiger charge is 2.11. The number of anilines is 1. The van der Waals surface area contributed by atoms with Gasteiger partial charge in [0.25, 0.3) is 0 Å². The van der Waals surface area contributed by atoms with Crippen LogP contribution in [0.1, 0.15) is 13.3 Å². The second kappa shape index (κ2) is 4.28. The SMILES string of the molecule is CCCS(=O)(=O)Nc1ncccc1O. The van der Waals surface area contributed by atoms with E-state index in [0.717, 1.165) is 0 Å². The third kappa shape index (κ3) is 2.88. The van der Waals surface area contributed by atoms with Gasteiger partial charge in [-0.2, -0.15) is 0 Å². The van der Waals surface area contributed by atoms with Gasteiger partial charge >= 0.3 is 0 Å². The molecule has 0 atom stereocenters. The second-order valence-electron chi connectivity index (χ2n) is 2.79. The quantitative estimate of drug-likeness (QED) is 0.785. The first-order valence-corrected chi connectivity index (χ1v) is 5.85. The Morgan fingerprint density at radius 1 is 1.57 bits per heavy atom. The number of sulfonamides is 1. The molecule has 0 aromatic carbocycles. The number of nitrogens with zero attached hydrogens (tertiary/aromatic N) is 1. The Hall–Kier alpha value is -1.30. The minimum Gasteiger partial charge on any atom is -0.504 e. The smallest absolute Gasteiger partial charge is 0.233 e. The van der Waals surface area contributed by atoms with Gasteiger partial charge in [0, 0.05) is 6.20 Å². The van der Waals surface area contributed by atoms with Gasteiger partial charge < -0.3 is 5.11 Å². The lowest BCUT2D eigenvalue weighted by molar-refractivity contribution is 0.475. The van der Waals surface area contributed by atoms with E-state index in [-0.39, 0.29) is 17.3 Å². The monoisotopic (exact) mass is 216 g/mol. The van der Waals surface area contributed by atoms with Crippen molar-refractivity contribution in [1.82, 2.24) is 4.98 Å². The first-order valence-electron chi connectivity index (χ1n) is 4.19. The van der Waals surface area contributed by atoms with Crippen LogP contribution in [0.5, 0.6) is 5.75 Å². The molecular formula is C8H12N2O3S. The summed E-state index contributed by atoms with van der Waals surface area (Å²) in [7, 11) is -3.38. The van der Waals surface area contributed by atoms with Crippen molar-refractivity contribution >= 4 is 15.8 Å². The summed E-state index contributed by atoms with van der Waals surface area (Å²) in [6, 6.07) is 2.89. The summed E-state index contributed by atoms with van der Waals surface area (Å²) in [4.78, 5) is 3.71. The zero-order chi connectivity index (χ0) is 10.6. The van der Waals surface area contributed by atoms with Crippen LogP contribution in [0.2, 0.25) is 0 Å². The van der Waals surface area contributed by atoms with Crippen LogP contribution in [0, 0.1) is 0 Å². The molecule has 0 spiro atoms. The van der Waals surface area contributed by atoms with Crippen molar-refractivity contribution in [2.75, 3.05) is 10.5 Å². The largest absolute Gasteiger partial charge is 0.504 e. The minimum absolute atomic E-state index is 0.0169. The first-order chi connectivity index (χ1) is 6.55. The standard InChI is InChI=1S/C8H12N2O3S/c1-2-6-14(12,13)10-8-7(11)4-3-5-9-8/h3-5,11H,2,6H2,1H3,(H,9,10). The van der Waals surface area contributed by atoms with Crippen LogP contribution < -0.4 is 4.72 Å². The average molecular weight is 216 g/mol. The molecule has 1 aromatic heterocycles. The molecule has 0 amide bonds. The maximum absolute atomic E-state index is 11.3. The predicted molar refractivity (Wildman–Crippen MR) is 53.6 cm³/mol. The molecule has 1 heterocycles. The molecule has 78 valence electrons. The highest BCUT2D eigenvalue weighted by Crippen LogP contribution is 2.19. The topological polar surface area (TPSA) is 79.3 Å². The molecule has 0 aliphatic carbocycles. The van der Waals surface area contributed by atoms with Crippen LogP contribution in [-0.4, -0.2) is 24.3 Å². The van der Waals surface area contributed by atoms with Gasteiger partial charge in [-0.15, -0.1) is 0 Å². The molecule has 0 aliphatic rings. The van der Waals surface area contributed by atoms with Crippen LogP contribution in [0.4, 0.5) is 5.82 Å². The molecule has 5 nitrogen and oxygen atoms in total. The zero-order valence-electron chi connectivity index (χ0n) is 7.77. The van der Waals surface area contributed by atoms with Gasteiger partial charge in [-0.25, -0.2) is 13.4 Å². The first kappa shape index (κ1) is 10.8. The minimum atomic E-state index is -3.38. The summed E-state index contributed by atoms with van der Waals surface area (Å²) >= 11 is 0. The molecule has 0 radical (unpaired) electrons. The van der Waals surface area contributed by atoms with Crippen molar-refractivity contribution in [3.05, 3.63) is 18.3 Å². The molecule has 2 N–H and O–H groups in total. The third-order valence-electron chi connectivity index (χ3n) is 1.51. The van der Waals surface area contributed by atoms with Crippen molar-refractivity contribution in [3.63, 3.8) is 0 Å². The Labute approximate surface area is 82.9 Å². The van der Waals surface area contributed by atoms with Crippen molar-refractivity contribution in [2.45, 2.75) is 13.3 Å². The van der Waals surface area contributed by atoms with Crippen LogP contribution in [0.25, 0.3) is 0 Å². The van der Waals surface area contributed by atoms with Crippen molar-refractivity contribution in [3.8, 4) is 5.75 Å². The van der Waals surface area contributed by atoms with Crippen molar-refractivity contribution < 1.29 is 13.5 Å².